The summed E-state index contributed by atoms with van der Waals surface area (Å²) in [4.78, 5) is 33.0. The molecule has 4 atom stereocenters. The molecule has 0 bridgehead atoms. The summed E-state index contributed by atoms with van der Waals surface area (Å²) >= 11 is 16.3. The fourth-order valence-electron chi connectivity index (χ4n) is 6.83. The number of nitrogens with two attached hydrogens (primary N) is 2. The summed E-state index contributed by atoms with van der Waals surface area (Å²) in [5.41, 5.74) is 17.6. The number of alkyl carbamates (subject to hydrolysis) is 2. The van der Waals surface area contributed by atoms with E-state index in [1.54, 1.807) is 0 Å². The van der Waals surface area contributed by atoms with E-state index in [0.29, 0.717) is 0 Å². The number of hydrogen-bond donors (Lipinski definition) is 4. The number of amides is 2. The highest BCUT2D eigenvalue weighted by Gasteiger charge is 2.21. The van der Waals surface area contributed by atoms with Crippen molar-refractivity contribution >= 4 is 78.6 Å². The lowest BCUT2D eigenvalue weighted by atomic mass is 10.1. The van der Waals surface area contributed by atoms with Crippen LogP contribution in [0.25, 0.3) is 0 Å². The average Bonchev–Trinajstić information content (AvgIpc) is 3.26. The second-order valence-electron chi connectivity index (χ2n) is 19.3. The van der Waals surface area contributed by atoms with E-state index in [1.165, 1.54) is 16.9 Å². The van der Waals surface area contributed by atoms with E-state index in [0.717, 1.165) is 78.0 Å². The van der Waals surface area contributed by atoms with Crippen LogP contribution < -0.4 is 31.9 Å². The molecule has 2 heterocycles. The number of hydrogen-bond acceptors (Lipinski definition) is 10. The van der Waals surface area contributed by atoms with Gasteiger partial charge in [0.1, 0.15) is 11.2 Å². The third-order valence-corrected chi connectivity index (χ3v) is 11.7. The van der Waals surface area contributed by atoms with E-state index in [2.05, 4.69) is 119 Å². The standard InChI is InChI=1S/C18H29N3O2.C13H18BrNO2.C13H21N3.C8H10BrN.CH2Cl2/c1-14(19-17(22)23-18(2,3)4)15-7-6-8-16(13-15)21-11-9-20(5)10-12-21;1-9(10-6-5-7-11(14)8-10)15-12(16)17-13(2,3)4;1-11(14)12-4-3-5-13(10-12)16-8-6-15(2)7-9-16;1-6(10)7-3-2-4-8(9)5-7;2-1-3/h6-8,13-14H,9-12H2,1-5H3,(H,19,22);5-9H,1-4H3,(H,15,16);3-5,10-11H,6-9,14H2,1-2H3;2-6H,10H2,1H3;1H2/t14-;9-;11-;6-;/m0000./s1. The second-order valence-corrected chi connectivity index (χ2v) is 21.9. The molecule has 16 heteroatoms. The Bertz CT molecular complexity index is 2100. The number of anilines is 2. The molecule has 0 unspecified atom stereocenters. The van der Waals surface area contributed by atoms with Crippen LogP contribution in [-0.2, 0) is 9.47 Å². The lowest BCUT2D eigenvalue weighted by molar-refractivity contribution is 0.0496. The summed E-state index contributed by atoms with van der Waals surface area (Å²) in [7, 11) is 4.33. The Morgan fingerprint density at radius 1 is 0.551 bits per heavy atom. The van der Waals surface area contributed by atoms with Gasteiger partial charge in [-0.1, -0.05) is 80.4 Å². The molecule has 0 spiro atoms. The van der Waals surface area contributed by atoms with Crippen LogP contribution in [-0.4, -0.2) is 105 Å². The molecule has 0 aliphatic carbocycles. The van der Waals surface area contributed by atoms with Crippen molar-refractivity contribution in [3.8, 4) is 0 Å². The Morgan fingerprint density at radius 3 is 1.16 bits per heavy atom. The first kappa shape index (κ1) is 61.5. The molecule has 2 saturated heterocycles. The predicted octanol–water partition coefficient (Wildman–Crippen LogP) is 12.4. The lowest BCUT2D eigenvalue weighted by Crippen LogP contribution is -2.44. The molecule has 6 N–H and O–H groups in total. The number of benzene rings is 4. The van der Waals surface area contributed by atoms with Gasteiger partial charge in [0, 0.05) is 84.8 Å². The Balaban J connectivity index is 0.000000319. The number of halogens is 4. The second kappa shape index (κ2) is 31.0. The van der Waals surface area contributed by atoms with Crippen LogP contribution in [0, 0.1) is 0 Å². The van der Waals surface area contributed by atoms with Crippen LogP contribution in [0.5, 0.6) is 0 Å². The van der Waals surface area contributed by atoms with Gasteiger partial charge in [-0.15, -0.1) is 23.2 Å². The molecule has 2 fully saturated rings. The van der Waals surface area contributed by atoms with Gasteiger partial charge < -0.3 is 51.2 Å². The number of piperazine rings is 2. The monoisotopic (exact) mass is 1120 g/mol. The van der Waals surface area contributed by atoms with Crippen LogP contribution in [0.2, 0.25) is 0 Å². The van der Waals surface area contributed by atoms with E-state index in [-0.39, 0.29) is 35.6 Å². The van der Waals surface area contributed by atoms with Gasteiger partial charge in [0.25, 0.3) is 0 Å². The van der Waals surface area contributed by atoms with Gasteiger partial charge >= 0.3 is 12.2 Å². The molecule has 384 valence electrons. The number of nitrogens with zero attached hydrogens (tertiary/aromatic N) is 4. The first-order valence-electron chi connectivity index (χ1n) is 23.5. The van der Waals surface area contributed by atoms with Crippen molar-refractivity contribution in [2.75, 3.05) is 81.6 Å². The Hall–Kier alpha value is -3.60. The van der Waals surface area contributed by atoms with Gasteiger partial charge in [0.2, 0.25) is 0 Å². The Kier molecular flexibility index (Phi) is 27.6. The molecular weight excluding hydrogens is 1040 g/mol. The minimum atomic E-state index is -0.481. The molecule has 4 aromatic rings. The summed E-state index contributed by atoms with van der Waals surface area (Å²) in [5, 5.41) is 5.89. The van der Waals surface area contributed by atoms with Crippen molar-refractivity contribution in [1.29, 1.82) is 0 Å². The predicted molar refractivity (Wildman–Crippen MR) is 298 cm³/mol. The van der Waals surface area contributed by atoms with E-state index in [1.807, 2.05) is 124 Å². The van der Waals surface area contributed by atoms with Crippen molar-refractivity contribution in [1.82, 2.24) is 20.4 Å². The number of ether oxygens (including phenoxy) is 2. The fourth-order valence-corrected chi connectivity index (χ4v) is 7.66. The third-order valence-electron chi connectivity index (χ3n) is 10.7. The smallest absolute Gasteiger partial charge is 0.408 e. The number of carbonyl (C=O) groups excluding carboxylic acids is 2. The van der Waals surface area contributed by atoms with Crippen molar-refractivity contribution < 1.29 is 19.1 Å². The fraction of sp³-hybridized carbons (Fsp3) is 0.509. The van der Waals surface area contributed by atoms with Gasteiger partial charge in [-0.3, -0.25) is 0 Å². The molecule has 6 rings (SSSR count). The molecular formula is C53H80Br2Cl2N8O4. The molecule has 4 aromatic carbocycles. The highest BCUT2D eigenvalue weighted by atomic mass is 79.9. The maximum Gasteiger partial charge on any atom is 0.408 e. The van der Waals surface area contributed by atoms with E-state index >= 15 is 0 Å². The highest BCUT2D eigenvalue weighted by Crippen LogP contribution is 2.24. The lowest BCUT2D eigenvalue weighted by Gasteiger charge is -2.34. The van der Waals surface area contributed by atoms with Gasteiger partial charge in [0.15, 0.2) is 0 Å². The number of likely N-dealkylation sites (N-methyl/N-ethyl adjacent to an activating group) is 2. The third kappa shape index (κ3) is 25.9. The Morgan fingerprint density at radius 2 is 0.841 bits per heavy atom. The summed E-state index contributed by atoms with van der Waals surface area (Å²) in [6.07, 6.45) is -0.778. The minimum Gasteiger partial charge on any atom is -0.444 e. The van der Waals surface area contributed by atoms with Crippen LogP contribution in [0.3, 0.4) is 0 Å². The number of carbonyl (C=O) groups is 2. The van der Waals surface area contributed by atoms with Crippen molar-refractivity contribution in [2.24, 2.45) is 11.5 Å². The molecule has 2 aliphatic heterocycles. The molecule has 12 nitrogen and oxygen atoms in total. The highest BCUT2D eigenvalue weighted by molar-refractivity contribution is 9.10. The maximum atomic E-state index is 11.9. The van der Waals surface area contributed by atoms with Gasteiger partial charge in [-0.05, 0) is 154 Å². The zero-order chi connectivity index (χ0) is 51.9. The first-order valence-corrected chi connectivity index (χ1v) is 26.2. The van der Waals surface area contributed by atoms with Crippen LogP contribution in [0.15, 0.2) is 106 Å². The number of alkyl halides is 2. The average molecular weight is 1120 g/mol. The zero-order valence-electron chi connectivity index (χ0n) is 43.0. The molecule has 69 heavy (non-hydrogen) atoms. The van der Waals surface area contributed by atoms with E-state index < -0.39 is 17.3 Å². The van der Waals surface area contributed by atoms with Gasteiger partial charge in [-0.25, -0.2) is 9.59 Å². The zero-order valence-corrected chi connectivity index (χ0v) is 47.7. The van der Waals surface area contributed by atoms with Crippen LogP contribution >= 0.6 is 55.1 Å². The SMILES string of the molecule is C[C@H](N)c1cccc(Br)c1.C[C@H](N)c1cccc(N2CCN(C)CC2)c1.C[C@H](NC(=O)OC(C)(C)C)c1cccc(Br)c1.C[C@H](NC(=O)OC(C)(C)C)c1cccc(N2CCN(C)CC2)c1.ClCCl. The molecule has 2 amide bonds. The summed E-state index contributed by atoms with van der Waals surface area (Å²) in [5.74, 6) is 0. The quantitative estimate of drug-likeness (QED) is 0.126. The maximum absolute atomic E-state index is 11.9. The topological polar surface area (TPSA) is 142 Å². The van der Waals surface area contributed by atoms with E-state index in [9.17, 15) is 9.59 Å². The van der Waals surface area contributed by atoms with Crippen molar-refractivity contribution in [2.45, 2.75) is 105 Å². The molecule has 0 saturated carbocycles. The molecule has 2 aliphatic rings. The van der Waals surface area contributed by atoms with Crippen LogP contribution in [0.1, 0.15) is 116 Å². The molecule has 0 aromatic heterocycles. The largest absolute Gasteiger partial charge is 0.444 e. The Labute approximate surface area is 441 Å². The minimum absolute atomic E-state index is 0.0812. The van der Waals surface area contributed by atoms with Gasteiger partial charge in [0.05, 0.1) is 17.4 Å². The number of nitrogens with one attached hydrogen (secondary N) is 2. The first-order chi connectivity index (χ1) is 32.3. The summed E-state index contributed by atoms with van der Waals surface area (Å²) in [6.45, 7) is 27.8. The summed E-state index contributed by atoms with van der Waals surface area (Å²) < 4.78 is 12.6. The van der Waals surface area contributed by atoms with Crippen molar-refractivity contribution in [3.05, 3.63) is 128 Å². The number of rotatable bonds is 8. The van der Waals surface area contributed by atoms with Crippen molar-refractivity contribution in [3.63, 3.8) is 0 Å². The van der Waals surface area contributed by atoms with E-state index in [4.69, 9.17) is 44.1 Å². The molecule has 0 radical (unpaired) electrons. The normalized spacial score (nSPS) is 15.9. The van der Waals surface area contributed by atoms with Crippen LogP contribution in [0.4, 0.5) is 21.0 Å². The van der Waals surface area contributed by atoms with Gasteiger partial charge in [-0.2, -0.15) is 0 Å². The summed E-state index contributed by atoms with van der Waals surface area (Å²) in [6, 6.07) is 32.9.